The highest BCUT2D eigenvalue weighted by Gasteiger charge is 2.22. The number of para-hydroxylation sites is 1. The molecule has 1 N–H and O–H groups in total. The monoisotopic (exact) mass is 284 g/mol. The van der Waals surface area contributed by atoms with Gasteiger partial charge in [0.25, 0.3) is 0 Å². The molecule has 0 saturated carbocycles. The van der Waals surface area contributed by atoms with Crippen LogP contribution in [0, 0.1) is 12.7 Å². The zero-order valence-corrected chi connectivity index (χ0v) is 12.6. The molecule has 0 spiro atoms. The Morgan fingerprint density at radius 2 is 2.10 bits per heavy atom. The fourth-order valence-electron chi connectivity index (χ4n) is 3.15. The number of fused-ring (bicyclic) bond motifs is 1. The van der Waals surface area contributed by atoms with E-state index in [0.29, 0.717) is 6.54 Å². The van der Waals surface area contributed by atoms with Crippen molar-refractivity contribution in [2.24, 2.45) is 0 Å². The van der Waals surface area contributed by atoms with E-state index < -0.39 is 0 Å². The molecule has 2 nitrogen and oxygen atoms in total. The number of benzene rings is 2. The second kappa shape index (κ2) is 5.86. The minimum absolute atomic E-state index is 0.142. The lowest BCUT2D eigenvalue weighted by atomic mass is 9.98. The molecule has 110 valence electrons. The summed E-state index contributed by atoms with van der Waals surface area (Å²) in [5.41, 5.74) is 5.45. The van der Waals surface area contributed by atoms with Gasteiger partial charge in [0.05, 0.1) is 5.69 Å². The van der Waals surface area contributed by atoms with Crippen LogP contribution >= 0.6 is 0 Å². The number of hydrogen-bond donors (Lipinski definition) is 1. The van der Waals surface area contributed by atoms with Crippen molar-refractivity contribution >= 4 is 11.4 Å². The molecule has 0 amide bonds. The molecule has 0 atom stereocenters. The van der Waals surface area contributed by atoms with Crippen LogP contribution in [0.2, 0.25) is 0 Å². The molecule has 3 rings (SSSR count). The third-order valence-electron chi connectivity index (χ3n) is 4.06. The summed E-state index contributed by atoms with van der Waals surface area (Å²) in [5.74, 6) is -0.142. The molecule has 2 aromatic carbocycles. The molecule has 1 aliphatic heterocycles. The highest BCUT2D eigenvalue weighted by molar-refractivity contribution is 5.71. The number of hydrogen-bond acceptors (Lipinski definition) is 2. The van der Waals surface area contributed by atoms with Gasteiger partial charge in [-0.15, -0.1) is 0 Å². The molecule has 0 aromatic heterocycles. The first-order valence-corrected chi connectivity index (χ1v) is 7.50. The van der Waals surface area contributed by atoms with E-state index in [0.717, 1.165) is 36.3 Å². The number of anilines is 2. The molecular weight excluding hydrogens is 263 g/mol. The Labute approximate surface area is 125 Å². The van der Waals surface area contributed by atoms with Crippen LogP contribution in [-0.2, 0) is 13.0 Å². The van der Waals surface area contributed by atoms with Gasteiger partial charge in [-0.25, -0.2) is 4.39 Å². The fourth-order valence-corrected chi connectivity index (χ4v) is 3.15. The lowest BCUT2D eigenvalue weighted by molar-refractivity contribution is 0.616. The summed E-state index contributed by atoms with van der Waals surface area (Å²) in [6, 6.07) is 11.8. The van der Waals surface area contributed by atoms with Crippen molar-refractivity contribution in [2.45, 2.75) is 26.3 Å². The molecule has 2 aromatic rings. The predicted octanol–water partition coefficient (Wildman–Crippen LogP) is 3.94. The predicted molar refractivity (Wildman–Crippen MR) is 85.7 cm³/mol. The smallest absolute Gasteiger partial charge is 0.147 e. The molecule has 0 radical (unpaired) electrons. The highest BCUT2D eigenvalue weighted by Crippen LogP contribution is 2.37. The topological polar surface area (TPSA) is 15.3 Å². The van der Waals surface area contributed by atoms with Crippen molar-refractivity contribution in [3.8, 4) is 0 Å². The first-order chi connectivity index (χ1) is 10.2. The van der Waals surface area contributed by atoms with Gasteiger partial charge in [-0.2, -0.15) is 0 Å². The van der Waals surface area contributed by atoms with E-state index in [2.05, 4.69) is 35.3 Å². The molecule has 0 aliphatic carbocycles. The van der Waals surface area contributed by atoms with E-state index in [4.69, 9.17) is 0 Å². The average molecular weight is 284 g/mol. The van der Waals surface area contributed by atoms with E-state index in [1.807, 2.05) is 13.1 Å². The van der Waals surface area contributed by atoms with Crippen LogP contribution in [0.15, 0.2) is 36.4 Å². The Bertz CT molecular complexity index is 652. The SMILES string of the molecule is CNCc1cccc(F)c1N1CCCc2cc(C)ccc21. The second-order valence-corrected chi connectivity index (χ2v) is 5.67. The minimum Gasteiger partial charge on any atom is -0.339 e. The number of rotatable bonds is 3. The molecule has 0 saturated heterocycles. The zero-order chi connectivity index (χ0) is 14.8. The molecule has 21 heavy (non-hydrogen) atoms. The van der Waals surface area contributed by atoms with E-state index in [1.165, 1.54) is 11.1 Å². The largest absolute Gasteiger partial charge is 0.339 e. The van der Waals surface area contributed by atoms with E-state index in [-0.39, 0.29) is 5.82 Å². The first-order valence-electron chi connectivity index (χ1n) is 7.50. The second-order valence-electron chi connectivity index (χ2n) is 5.67. The van der Waals surface area contributed by atoms with Crippen molar-refractivity contribution in [1.29, 1.82) is 0 Å². The van der Waals surface area contributed by atoms with Crippen molar-refractivity contribution < 1.29 is 4.39 Å². The quantitative estimate of drug-likeness (QED) is 0.918. The standard InChI is InChI=1S/C18H21FN2/c1-13-8-9-17-14(11-13)6-4-10-21(17)18-15(12-20-2)5-3-7-16(18)19/h3,5,7-9,11,20H,4,6,10,12H2,1-2H3. The molecular formula is C18H21FN2. The lowest BCUT2D eigenvalue weighted by Crippen LogP contribution is -2.27. The van der Waals surface area contributed by atoms with Crippen LogP contribution in [0.4, 0.5) is 15.8 Å². The fraction of sp³-hybridized carbons (Fsp3) is 0.333. The maximum atomic E-state index is 14.5. The van der Waals surface area contributed by atoms with Crippen LogP contribution in [-0.4, -0.2) is 13.6 Å². The zero-order valence-electron chi connectivity index (χ0n) is 12.6. The van der Waals surface area contributed by atoms with Crippen LogP contribution in [0.1, 0.15) is 23.1 Å². The number of aryl methyl sites for hydroxylation is 2. The van der Waals surface area contributed by atoms with Crippen LogP contribution in [0.25, 0.3) is 0 Å². The summed E-state index contributed by atoms with van der Waals surface area (Å²) in [7, 11) is 1.89. The summed E-state index contributed by atoms with van der Waals surface area (Å²) in [6.07, 6.45) is 2.13. The highest BCUT2D eigenvalue weighted by atomic mass is 19.1. The van der Waals surface area contributed by atoms with E-state index in [9.17, 15) is 4.39 Å². The number of nitrogens with zero attached hydrogens (tertiary/aromatic N) is 1. The normalized spacial score (nSPS) is 14.1. The average Bonchev–Trinajstić information content (AvgIpc) is 2.47. The minimum atomic E-state index is -0.142. The van der Waals surface area contributed by atoms with Crippen LogP contribution < -0.4 is 10.2 Å². The van der Waals surface area contributed by atoms with Crippen molar-refractivity contribution in [2.75, 3.05) is 18.5 Å². The molecule has 3 heteroatoms. The summed E-state index contributed by atoms with van der Waals surface area (Å²) in [5, 5.41) is 3.13. The Morgan fingerprint density at radius 1 is 1.24 bits per heavy atom. The molecule has 1 heterocycles. The third kappa shape index (κ3) is 2.66. The maximum absolute atomic E-state index is 14.5. The summed E-state index contributed by atoms with van der Waals surface area (Å²) in [6.45, 7) is 3.65. The number of nitrogens with one attached hydrogen (secondary N) is 1. The van der Waals surface area contributed by atoms with Gasteiger partial charge < -0.3 is 10.2 Å². The van der Waals surface area contributed by atoms with Gasteiger partial charge in [-0.3, -0.25) is 0 Å². The Morgan fingerprint density at radius 3 is 2.90 bits per heavy atom. The third-order valence-corrected chi connectivity index (χ3v) is 4.06. The Hall–Kier alpha value is -1.87. The van der Waals surface area contributed by atoms with Crippen molar-refractivity contribution in [3.63, 3.8) is 0 Å². The van der Waals surface area contributed by atoms with Crippen LogP contribution in [0.5, 0.6) is 0 Å². The van der Waals surface area contributed by atoms with E-state index >= 15 is 0 Å². The first kappa shape index (κ1) is 14.1. The van der Waals surface area contributed by atoms with Crippen molar-refractivity contribution in [3.05, 3.63) is 58.9 Å². The van der Waals surface area contributed by atoms with Gasteiger partial charge in [0, 0.05) is 18.8 Å². The van der Waals surface area contributed by atoms with Gasteiger partial charge in [-0.1, -0.05) is 29.8 Å². The molecule has 1 aliphatic rings. The summed E-state index contributed by atoms with van der Waals surface area (Å²) >= 11 is 0. The summed E-state index contributed by atoms with van der Waals surface area (Å²) in [4.78, 5) is 2.14. The molecule has 0 bridgehead atoms. The van der Waals surface area contributed by atoms with Crippen molar-refractivity contribution in [1.82, 2.24) is 5.32 Å². The van der Waals surface area contributed by atoms with Crippen LogP contribution in [0.3, 0.4) is 0 Å². The van der Waals surface area contributed by atoms with Gasteiger partial charge in [0.2, 0.25) is 0 Å². The number of halogens is 1. The lowest BCUT2D eigenvalue weighted by Gasteiger charge is -2.33. The van der Waals surface area contributed by atoms with Gasteiger partial charge in [-0.05, 0) is 50.1 Å². The molecule has 0 fully saturated rings. The van der Waals surface area contributed by atoms with E-state index in [1.54, 1.807) is 12.1 Å². The Balaban J connectivity index is 2.11. The van der Waals surface area contributed by atoms with Gasteiger partial charge in [0.15, 0.2) is 0 Å². The van der Waals surface area contributed by atoms with Gasteiger partial charge in [0.1, 0.15) is 5.82 Å². The summed E-state index contributed by atoms with van der Waals surface area (Å²) < 4.78 is 14.5. The van der Waals surface area contributed by atoms with Gasteiger partial charge >= 0.3 is 0 Å². The molecule has 0 unspecified atom stereocenters. The maximum Gasteiger partial charge on any atom is 0.147 e. The Kier molecular flexibility index (Phi) is 3.93.